The summed E-state index contributed by atoms with van der Waals surface area (Å²) in [6.45, 7) is 1.72. The highest BCUT2D eigenvalue weighted by atomic mass is 35.5. The van der Waals surface area contributed by atoms with Gasteiger partial charge in [0.1, 0.15) is 15.7 Å². The Morgan fingerprint density at radius 1 is 0.972 bits per heavy atom. The third-order valence-electron chi connectivity index (χ3n) is 6.24. The number of ketones is 1. The van der Waals surface area contributed by atoms with Gasteiger partial charge >= 0.3 is 5.97 Å². The summed E-state index contributed by atoms with van der Waals surface area (Å²) in [5.41, 5.74) is 0.385. The molecule has 0 amide bonds. The Balaban J connectivity index is 1.82. The number of carboxylic acid groups (broad SMARTS) is 1. The lowest BCUT2D eigenvalue weighted by atomic mass is 9.72. The average molecular weight is 524 g/mol. The summed E-state index contributed by atoms with van der Waals surface area (Å²) in [6.07, 6.45) is 4.94. The van der Waals surface area contributed by atoms with Crippen molar-refractivity contribution in [2.45, 2.75) is 63.8 Å². The number of carboxylic acids is 1. The lowest BCUT2D eigenvalue weighted by Gasteiger charge is -2.26. The number of aryl methyl sites for hydroxylation is 1. The smallest absolute Gasteiger partial charge is 0.303 e. The van der Waals surface area contributed by atoms with Crippen molar-refractivity contribution >= 4 is 61.5 Å². The quantitative estimate of drug-likeness (QED) is 0.167. The van der Waals surface area contributed by atoms with Crippen LogP contribution in [0.3, 0.4) is 0 Å². The summed E-state index contributed by atoms with van der Waals surface area (Å²) < 4.78 is 1.39. The Morgan fingerprint density at radius 2 is 1.64 bits per heavy atom. The topological polar surface area (TPSA) is 79.5 Å². The molecule has 3 rings (SSSR count). The maximum atomic E-state index is 13.4. The van der Waals surface area contributed by atoms with Crippen LogP contribution < -0.4 is 0 Å². The Morgan fingerprint density at radius 3 is 2.28 bits per heavy atom. The second kappa shape index (κ2) is 12.4. The molecule has 2 N–H and O–H groups in total. The Bertz CT molecular complexity index is 1240. The molecule has 3 aromatic rings. The largest absolute Gasteiger partial charge is 0.481 e. The molecule has 2 aromatic carbocycles. The Labute approximate surface area is 224 Å². The highest BCUT2D eigenvalue weighted by Crippen LogP contribution is 2.34. The van der Waals surface area contributed by atoms with Crippen molar-refractivity contribution in [3.05, 3.63) is 69.3 Å². The molecule has 9 heteroatoms. The summed E-state index contributed by atoms with van der Waals surface area (Å²) in [6, 6.07) is 12.8. The van der Waals surface area contributed by atoms with Crippen molar-refractivity contribution in [2.75, 3.05) is 0 Å². The van der Waals surface area contributed by atoms with E-state index in [0.29, 0.717) is 33.6 Å². The van der Waals surface area contributed by atoms with E-state index in [1.165, 1.54) is 10.1 Å². The van der Waals surface area contributed by atoms with Crippen LogP contribution in [0.25, 0.3) is 10.9 Å². The molecule has 0 fully saturated rings. The van der Waals surface area contributed by atoms with Gasteiger partial charge in [-0.25, -0.2) is 0 Å². The van der Waals surface area contributed by atoms with E-state index in [1.54, 1.807) is 25.1 Å². The van der Waals surface area contributed by atoms with Gasteiger partial charge in [0.15, 0.2) is 5.78 Å². The lowest BCUT2D eigenvalue weighted by molar-refractivity contribution is -0.137. The fourth-order valence-electron chi connectivity index (χ4n) is 4.73. The molecule has 1 atom stereocenters. The molecule has 5 nitrogen and oxygen atoms in total. The van der Waals surface area contributed by atoms with Gasteiger partial charge in [0.05, 0.1) is 11.0 Å². The van der Waals surface area contributed by atoms with Crippen molar-refractivity contribution in [1.29, 1.82) is 0 Å². The van der Waals surface area contributed by atoms with Crippen LogP contribution in [-0.4, -0.2) is 42.2 Å². The molecule has 0 bridgehead atoms. The number of benzene rings is 2. The van der Waals surface area contributed by atoms with E-state index in [9.17, 15) is 14.7 Å². The van der Waals surface area contributed by atoms with Crippen LogP contribution in [0.4, 0.5) is 0 Å². The second-order valence-electron chi connectivity index (χ2n) is 9.48. The Kier molecular flexibility index (Phi) is 9.73. The summed E-state index contributed by atoms with van der Waals surface area (Å²) >= 11 is 12.3. The molecule has 0 saturated carbocycles. The molecule has 186 valence electrons. The first kappa shape index (κ1) is 28.4. The van der Waals surface area contributed by atoms with Gasteiger partial charge in [0.25, 0.3) is 0 Å². The van der Waals surface area contributed by atoms with Crippen LogP contribution in [0.1, 0.15) is 67.1 Å². The van der Waals surface area contributed by atoms with Gasteiger partial charge < -0.3 is 14.8 Å². The summed E-state index contributed by atoms with van der Waals surface area (Å²) in [7, 11) is 11.9. The lowest BCUT2D eigenvalue weighted by Crippen LogP contribution is -2.35. The van der Waals surface area contributed by atoms with Gasteiger partial charge in [0.2, 0.25) is 0 Å². The van der Waals surface area contributed by atoms with E-state index in [2.05, 4.69) is 6.07 Å². The van der Waals surface area contributed by atoms with Gasteiger partial charge in [-0.15, -0.1) is 0 Å². The maximum absolute atomic E-state index is 13.4. The monoisotopic (exact) mass is 523 g/mol. The van der Waals surface area contributed by atoms with Crippen LogP contribution in [0.5, 0.6) is 0 Å². The molecule has 1 heterocycles. The van der Waals surface area contributed by atoms with E-state index in [0.717, 1.165) is 37.1 Å². The normalized spacial score (nSPS) is 12.7. The number of hydrogen-bond donors (Lipinski definition) is 2. The number of nitrogens with zero attached hydrogens (tertiary/aromatic N) is 1. The number of hydrogen-bond acceptors (Lipinski definition) is 3. The molecular weight excluding hydrogens is 495 g/mol. The number of aliphatic hydroxyl groups is 1. The third-order valence-corrected chi connectivity index (χ3v) is 6.71. The van der Waals surface area contributed by atoms with Gasteiger partial charge in [-0.05, 0) is 67.5 Å². The van der Waals surface area contributed by atoms with Crippen molar-refractivity contribution in [1.82, 2.24) is 4.57 Å². The van der Waals surface area contributed by atoms with Crippen LogP contribution >= 0.6 is 23.2 Å². The minimum Gasteiger partial charge on any atom is -0.481 e. The number of aromatic nitrogens is 1. The number of unbranched alkanes of at least 4 members (excludes halogenated alkanes) is 3. The Hall–Kier alpha value is -2.21. The molecule has 36 heavy (non-hydrogen) atoms. The van der Waals surface area contributed by atoms with Crippen LogP contribution in [0, 0.1) is 5.92 Å². The number of Topliss-reactive ketones (excluding diaryl/α,β-unsaturated/α-hetero) is 1. The first-order valence-corrected chi connectivity index (χ1v) is 12.9. The highest BCUT2D eigenvalue weighted by molar-refractivity contribution is 6.37. The van der Waals surface area contributed by atoms with E-state index in [4.69, 9.17) is 44.0 Å². The van der Waals surface area contributed by atoms with Crippen LogP contribution in [0.15, 0.2) is 42.5 Å². The fraction of sp³-hybridized carbons (Fsp3) is 0.407. The number of aliphatic carboxylic acids is 1. The molecule has 0 aliphatic carbocycles. The third kappa shape index (κ3) is 7.41. The maximum Gasteiger partial charge on any atom is 0.303 e. The number of fused-ring (bicyclic) bond motifs is 1. The minimum absolute atomic E-state index is 0.0398. The van der Waals surface area contributed by atoms with Crippen molar-refractivity contribution in [3.63, 3.8) is 0 Å². The molecule has 0 aliphatic rings. The van der Waals surface area contributed by atoms with E-state index < -0.39 is 11.5 Å². The average Bonchev–Trinajstić information content (AvgIpc) is 3.09. The molecule has 0 spiro atoms. The van der Waals surface area contributed by atoms with Crippen LogP contribution in [0.2, 0.25) is 10.0 Å². The SMILES string of the molecule is [B]C([B])(O)n1c(CCCCCCc2cccc(Cl)c2)c(C(=O)C[C@H](C)CC(=O)O)c2cc(Cl)ccc21. The summed E-state index contributed by atoms with van der Waals surface area (Å²) in [5, 5.41) is 21.4. The summed E-state index contributed by atoms with van der Waals surface area (Å²) in [5.74, 6) is -1.55. The number of carbonyl (C=O) groups is 2. The fourth-order valence-corrected chi connectivity index (χ4v) is 5.11. The molecular formula is C27H29B2Cl2NO4. The number of carbonyl (C=O) groups excluding carboxylic acids is 1. The predicted octanol–water partition coefficient (Wildman–Crippen LogP) is 5.87. The van der Waals surface area contributed by atoms with Crippen molar-refractivity contribution < 1.29 is 19.8 Å². The molecule has 0 unspecified atom stereocenters. The molecule has 1 aromatic heterocycles. The van der Waals surface area contributed by atoms with Gasteiger partial charge in [-0.2, -0.15) is 0 Å². The van der Waals surface area contributed by atoms with Gasteiger partial charge in [0, 0.05) is 39.5 Å². The molecule has 0 saturated heterocycles. The van der Waals surface area contributed by atoms with Crippen molar-refractivity contribution in [2.24, 2.45) is 5.92 Å². The zero-order chi connectivity index (χ0) is 26.5. The first-order chi connectivity index (χ1) is 17.0. The predicted molar refractivity (Wildman–Crippen MR) is 146 cm³/mol. The van der Waals surface area contributed by atoms with E-state index in [1.807, 2.05) is 18.2 Å². The van der Waals surface area contributed by atoms with E-state index >= 15 is 0 Å². The zero-order valence-corrected chi connectivity index (χ0v) is 21.9. The standard InChI is InChI=1S/C27H29B2Cl2NO4/c1-17(14-25(34)35)13-24(33)26-21-16-20(31)11-12-22(21)32(27(28,29)36)23(26)10-5-3-2-4-7-18-8-6-9-19(30)15-18/h6,8-9,11-12,15-17,36H,2-5,7,10,13-14H2,1H3,(H,34,35)/t17-/m0/s1. The number of halogens is 2. The van der Waals surface area contributed by atoms with E-state index in [-0.39, 0.29) is 24.5 Å². The minimum atomic E-state index is -2.22. The second-order valence-corrected chi connectivity index (χ2v) is 10.3. The van der Waals surface area contributed by atoms with Crippen LogP contribution in [-0.2, 0) is 23.2 Å². The highest BCUT2D eigenvalue weighted by Gasteiger charge is 2.29. The van der Waals surface area contributed by atoms with Gasteiger partial charge in [-0.1, -0.05) is 55.1 Å². The van der Waals surface area contributed by atoms with Gasteiger partial charge in [-0.3, -0.25) is 9.59 Å². The zero-order valence-electron chi connectivity index (χ0n) is 20.3. The first-order valence-electron chi connectivity index (χ1n) is 12.1. The summed E-state index contributed by atoms with van der Waals surface area (Å²) in [4.78, 5) is 24.5. The van der Waals surface area contributed by atoms with Crippen molar-refractivity contribution in [3.8, 4) is 0 Å². The molecule has 4 radical (unpaired) electrons. The number of rotatable bonds is 13. The molecule has 0 aliphatic heterocycles.